The summed E-state index contributed by atoms with van der Waals surface area (Å²) in [5.74, 6) is 1.49. The maximum Gasteiger partial charge on any atom is 0.159 e. The van der Waals surface area contributed by atoms with E-state index in [1.54, 1.807) is 12.1 Å². The Kier molecular flexibility index (Phi) is 7.84. The van der Waals surface area contributed by atoms with Crippen LogP contribution in [0.2, 0.25) is 0 Å². The quantitative estimate of drug-likeness (QED) is 0.421. The molecule has 0 N–H and O–H groups in total. The van der Waals surface area contributed by atoms with Gasteiger partial charge < -0.3 is 0 Å². The molecule has 27 heavy (non-hydrogen) atoms. The minimum atomic E-state index is -0.747. The molecule has 0 radical (unpaired) electrons. The van der Waals surface area contributed by atoms with Crippen LogP contribution in [0.25, 0.3) is 0 Å². The molecular formula is C24H33F3. The summed E-state index contributed by atoms with van der Waals surface area (Å²) in [6.07, 6.45) is 16.9. The van der Waals surface area contributed by atoms with E-state index in [4.69, 9.17) is 0 Å². The molecule has 150 valence electrons. The zero-order valence-electron chi connectivity index (χ0n) is 16.3. The smallest absolute Gasteiger partial charge is 0.159 e. The lowest BCUT2D eigenvalue weighted by Crippen LogP contribution is -2.25. The van der Waals surface area contributed by atoms with Crippen molar-refractivity contribution in [2.24, 2.45) is 17.8 Å². The Morgan fingerprint density at radius 1 is 0.815 bits per heavy atom. The lowest BCUT2D eigenvalue weighted by Gasteiger charge is -2.38. The summed E-state index contributed by atoms with van der Waals surface area (Å²) >= 11 is 0. The van der Waals surface area contributed by atoms with Crippen molar-refractivity contribution in [3.05, 3.63) is 47.8 Å². The SMILES string of the molecule is F/C=C/CCCCC1CCC(C2CCC(c3ccc(F)c(F)c3)CC2)CC1. The number of benzene rings is 1. The first-order valence-electron chi connectivity index (χ1n) is 10.9. The van der Waals surface area contributed by atoms with Gasteiger partial charge in [0, 0.05) is 0 Å². The Balaban J connectivity index is 1.37. The predicted octanol–water partition coefficient (Wildman–Crippen LogP) is 8.09. The standard InChI is InChI=1S/C24H33F3/c25-16-4-2-1-3-5-18-6-8-19(9-7-18)20-10-12-21(13-11-20)22-14-15-23(26)24(27)17-22/h4,14-21H,1-3,5-13H2/b16-4+. The molecule has 3 rings (SSSR count). The number of hydrogen-bond donors (Lipinski definition) is 0. The molecule has 2 saturated carbocycles. The van der Waals surface area contributed by atoms with E-state index in [0.29, 0.717) is 12.2 Å². The van der Waals surface area contributed by atoms with Crippen LogP contribution in [0.4, 0.5) is 13.2 Å². The van der Waals surface area contributed by atoms with E-state index in [1.807, 2.05) is 0 Å². The number of rotatable bonds is 7. The van der Waals surface area contributed by atoms with Gasteiger partial charge in [-0.15, -0.1) is 0 Å². The van der Waals surface area contributed by atoms with Crippen LogP contribution in [0.1, 0.15) is 88.5 Å². The Labute approximate surface area is 162 Å². The highest BCUT2D eigenvalue weighted by molar-refractivity contribution is 5.22. The van der Waals surface area contributed by atoms with Gasteiger partial charge in [-0.1, -0.05) is 37.8 Å². The maximum atomic E-state index is 13.5. The third-order valence-electron chi connectivity index (χ3n) is 7.07. The normalized spacial score (nSPS) is 29.3. The molecule has 0 nitrogen and oxygen atoms in total. The van der Waals surface area contributed by atoms with Gasteiger partial charge in [0.15, 0.2) is 11.6 Å². The van der Waals surface area contributed by atoms with E-state index in [2.05, 4.69) is 0 Å². The van der Waals surface area contributed by atoms with Crippen molar-refractivity contribution >= 4 is 0 Å². The van der Waals surface area contributed by atoms with Crippen molar-refractivity contribution in [3.8, 4) is 0 Å². The van der Waals surface area contributed by atoms with Crippen molar-refractivity contribution < 1.29 is 13.2 Å². The van der Waals surface area contributed by atoms with Crippen molar-refractivity contribution in [2.75, 3.05) is 0 Å². The van der Waals surface area contributed by atoms with Gasteiger partial charge in [-0.2, -0.15) is 0 Å². The molecule has 2 fully saturated rings. The van der Waals surface area contributed by atoms with Crippen molar-refractivity contribution in [1.29, 1.82) is 0 Å². The first-order chi connectivity index (χ1) is 13.2. The van der Waals surface area contributed by atoms with Gasteiger partial charge in [-0.3, -0.25) is 0 Å². The molecule has 0 unspecified atom stereocenters. The summed E-state index contributed by atoms with van der Waals surface area (Å²) in [5, 5.41) is 0. The van der Waals surface area contributed by atoms with E-state index in [9.17, 15) is 13.2 Å². The Bertz CT molecular complexity index is 594. The van der Waals surface area contributed by atoms with Gasteiger partial charge in [-0.05, 0) is 92.7 Å². The second-order valence-corrected chi connectivity index (χ2v) is 8.71. The van der Waals surface area contributed by atoms with Gasteiger partial charge in [0.05, 0.1) is 6.33 Å². The van der Waals surface area contributed by atoms with Crippen LogP contribution in [0.5, 0.6) is 0 Å². The third kappa shape index (κ3) is 5.86. The molecule has 1 aromatic rings. The molecule has 2 aliphatic rings. The molecule has 0 aliphatic heterocycles. The fourth-order valence-corrected chi connectivity index (χ4v) is 5.40. The molecule has 0 amide bonds. The monoisotopic (exact) mass is 378 g/mol. The molecule has 0 bridgehead atoms. The highest BCUT2D eigenvalue weighted by Crippen LogP contribution is 2.44. The molecule has 0 saturated heterocycles. The fourth-order valence-electron chi connectivity index (χ4n) is 5.40. The van der Waals surface area contributed by atoms with E-state index in [1.165, 1.54) is 63.5 Å². The molecule has 0 aromatic heterocycles. The van der Waals surface area contributed by atoms with Crippen LogP contribution in [0.3, 0.4) is 0 Å². The summed E-state index contributed by atoms with van der Waals surface area (Å²) in [4.78, 5) is 0. The lowest BCUT2D eigenvalue weighted by atomic mass is 9.68. The summed E-state index contributed by atoms with van der Waals surface area (Å²) in [5.41, 5.74) is 0.971. The highest BCUT2D eigenvalue weighted by Gasteiger charge is 2.31. The van der Waals surface area contributed by atoms with Gasteiger partial charge in [0.2, 0.25) is 0 Å². The summed E-state index contributed by atoms with van der Waals surface area (Å²) in [7, 11) is 0. The highest BCUT2D eigenvalue weighted by atomic mass is 19.2. The Morgan fingerprint density at radius 3 is 2.11 bits per heavy atom. The molecule has 0 spiro atoms. The van der Waals surface area contributed by atoms with Gasteiger partial charge >= 0.3 is 0 Å². The van der Waals surface area contributed by atoms with Crippen LogP contribution in [0, 0.1) is 29.4 Å². The second kappa shape index (κ2) is 10.3. The van der Waals surface area contributed by atoms with Crippen molar-refractivity contribution in [2.45, 2.75) is 83.0 Å². The van der Waals surface area contributed by atoms with Crippen molar-refractivity contribution in [3.63, 3.8) is 0 Å². The van der Waals surface area contributed by atoms with E-state index in [-0.39, 0.29) is 0 Å². The van der Waals surface area contributed by atoms with E-state index < -0.39 is 11.6 Å². The van der Waals surface area contributed by atoms with Crippen LogP contribution in [0.15, 0.2) is 30.6 Å². The molecule has 2 aliphatic carbocycles. The Morgan fingerprint density at radius 2 is 1.48 bits per heavy atom. The Hall–Kier alpha value is -1.25. The van der Waals surface area contributed by atoms with Gasteiger partial charge in [-0.25, -0.2) is 13.2 Å². The van der Waals surface area contributed by atoms with Crippen LogP contribution >= 0.6 is 0 Å². The van der Waals surface area contributed by atoms with Crippen LogP contribution < -0.4 is 0 Å². The zero-order chi connectivity index (χ0) is 19.1. The predicted molar refractivity (Wildman–Crippen MR) is 105 cm³/mol. The van der Waals surface area contributed by atoms with Crippen molar-refractivity contribution in [1.82, 2.24) is 0 Å². The second-order valence-electron chi connectivity index (χ2n) is 8.71. The summed E-state index contributed by atoms with van der Waals surface area (Å²) in [6, 6.07) is 4.43. The van der Waals surface area contributed by atoms with Crippen LogP contribution in [-0.2, 0) is 0 Å². The molecule has 3 heteroatoms. The van der Waals surface area contributed by atoms with Gasteiger partial charge in [0.1, 0.15) is 0 Å². The summed E-state index contributed by atoms with van der Waals surface area (Å²) in [6.45, 7) is 0. The fraction of sp³-hybridized carbons (Fsp3) is 0.667. The maximum absolute atomic E-state index is 13.5. The lowest BCUT2D eigenvalue weighted by molar-refractivity contribution is 0.155. The average Bonchev–Trinajstić information content (AvgIpc) is 2.71. The zero-order valence-corrected chi connectivity index (χ0v) is 16.3. The topological polar surface area (TPSA) is 0 Å². The van der Waals surface area contributed by atoms with Crippen LogP contribution in [-0.4, -0.2) is 0 Å². The van der Waals surface area contributed by atoms with Gasteiger partial charge in [0.25, 0.3) is 0 Å². The number of hydrogen-bond acceptors (Lipinski definition) is 0. The first-order valence-corrected chi connectivity index (χ1v) is 10.9. The third-order valence-corrected chi connectivity index (χ3v) is 7.07. The minimum Gasteiger partial charge on any atom is -0.216 e. The number of halogens is 3. The first kappa shape index (κ1) is 20.5. The molecule has 1 aromatic carbocycles. The molecule has 0 heterocycles. The van der Waals surface area contributed by atoms with E-state index in [0.717, 1.165) is 49.0 Å². The molecule has 0 atom stereocenters. The average molecular weight is 379 g/mol. The minimum absolute atomic E-state index is 0.394. The molecular weight excluding hydrogens is 345 g/mol. The van der Waals surface area contributed by atoms with E-state index >= 15 is 0 Å². The largest absolute Gasteiger partial charge is 0.216 e. The summed E-state index contributed by atoms with van der Waals surface area (Å²) < 4.78 is 38.6. The number of unbranched alkanes of at least 4 members (excludes halogenated alkanes) is 2. The number of allylic oxidation sites excluding steroid dienone is 1.